The number of aromatic nitrogens is 1. The van der Waals surface area contributed by atoms with Crippen LogP contribution in [0.1, 0.15) is 30.9 Å². The molecule has 1 aliphatic heterocycles. The Morgan fingerprint density at radius 2 is 1.61 bits per heavy atom. The van der Waals surface area contributed by atoms with E-state index in [1.165, 1.54) is 15.6 Å². The number of hydrogen-bond donors (Lipinski definition) is 0. The molecule has 4 rings (SSSR count). The zero-order valence-corrected chi connectivity index (χ0v) is 21.3. The summed E-state index contributed by atoms with van der Waals surface area (Å²) < 4.78 is 26.5. The number of rotatable bonds is 6. The largest absolute Gasteiger partial charge is 0.304 e. The highest BCUT2D eigenvalue weighted by Crippen LogP contribution is 2.33. The lowest BCUT2D eigenvalue weighted by molar-refractivity contribution is 0.148. The number of nitrogens with zero attached hydrogens (tertiary/aromatic N) is 3. The van der Waals surface area contributed by atoms with Crippen molar-refractivity contribution in [3.8, 4) is 0 Å². The fourth-order valence-electron chi connectivity index (χ4n) is 3.96. The van der Waals surface area contributed by atoms with Gasteiger partial charge in [0, 0.05) is 43.7 Å². The van der Waals surface area contributed by atoms with Crippen molar-refractivity contribution < 1.29 is 8.42 Å². The summed E-state index contributed by atoms with van der Waals surface area (Å²) in [7, 11) is -1.45. The molecule has 1 saturated heterocycles. The number of piperazine rings is 1. The van der Waals surface area contributed by atoms with E-state index in [2.05, 4.69) is 61.5 Å². The molecule has 7 heteroatoms. The van der Waals surface area contributed by atoms with Gasteiger partial charge in [-0.2, -0.15) is 0 Å². The van der Waals surface area contributed by atoms with E-state index in [-0.39, 0.29) is 10.9 Å². The van der Waals surface area contributed by atoms with Gasteiger partial charge in [-0.15, -0.1) is 6.58 Å². The maximum Gasteiger partial charge on any atom is 0.243 e. The first kappa shape index (κ1) is 25.5. The van der Waals surface area contributed by atoms with Gasteiger partial charge in [-0.1, -0.05) is 80.1 Å². The average molecular weight is 488 g/mol. The maximum atomic E-state index is 12.6. The molecular weight excluding hydrogens is 454 g/mol. The summed E-state index contributed by atoms with van der Waals surface area (Å²) >= 11 is 6.53. The summed E-state index contributed by atoms with van der Waals surface area (Å²) in [5.74, 6) is 0.519. The fourth-order valence-corrected chi connectivity index (χ4v) is 5.79. The van der Waals surface area contributed by atoms with Crippen LogP contribution in [0.25, 0.3) is 10.9 Å². The number of benzene rings is 2. The van der Waals surface area contributed by atoms with E-state index >= 15 is 0 Å². The standard InChI is InChI=1S/C17H22ClN3O2S.C9H12/c1-3-12-24(22,23)21-16-7-5-4-6-14(16)15(17(21)18)13-20-10-8-19(2)9-11-20;1-8(2)9-6-4-3-5-7-9/h3-7H,1,8-13H2,2H3;3-8H,1-2H3. The van der Waals surface area contributed by atoms with Gasteiger partial charge in [-0.25, -0.2) is 12.4 Å². The maximum absolute atomic E-state index is 12.6. The normalized spacial score (nSPS) is 15.4. The molecule has 0 saturated carbocycles. The first-order valence-corrected chi connectivity index (χ1v) is 13.3. The molecule has 0 amide bonds. The molecule has 0 radical (unpaired) electrons. The first-order chi connectivity index (χ1) is 15.7. The number of likely N-dealkylation sites (N-methyl/N-ethyl adjacent to an activating group) is 1. The van der Waals surface area contributed by atoms with Crippen LogP contribution in [-0.4, -0.2) is 61.2 Å². The Labute approximate surface area is 203 Å². The monoisotopic (exact) mass is 487 g/mol. The van der Waals surface area contributed by atoms with Gasteiger partial charge in [0.15, 0.2) is 0 Å². The van der Waals surface area contributed by atoms with Crippen molar-refractivity contribution in [3.63, 3.8) is 0 Å². The van der Waals surface area contributed by atoms with Crippen LogP contribution in [0.3, 0.4) is 0 Å². The van der Waals surface area contributed by atoms with Gasteiger partial charge >= 0.3 is 0 Å². The van der Waals surface area contributed by atoms with Gasteiger partial charge in [-0.05, 0) is 24.6 Å². The third kappa shape index (κ3) is 6.27. The van der Waals surface area contributed by atoms with Gasteiger partial charge in [0.1, 0.15) is 5.15 Å². The van der Waals surface area contributed by atoms with Crippen LogP contribution < -0.4 is 0 Å². The van der Waals surface area contributed by atoms with Crippen molar-refractivity contribution in [2.24, 2.45) is 0 Å². The minimum Gasteiger partial charge on any atom is -0.304 e. The van der Waals surface area contributed by atoms with Crippen molar-refractivity contribution in [1.29, 1.82) is 0 Å². The number of hydrogen-bond acceptors (Lipinski definition) is 4. The molecule has 33 heavy (non-hydrogen) atoms. The highest BCUT2D eigenvalue weighted by atomic mass is 35.5. The van der Waals surface area contributed by atoms with Crippen LogP contribution in [0.15, 0.2) is 67.3 Å². The van der Waals surface area contributed by atoms with E-state index in [9.17, 15) is 8.42 Å². The lowest BCUT2D eigenvalue weighted by Crippen LogP contribution is -2.43. The van der Waals surface area contributed by atoms with Crippen LogP contribution in [0.4, 0.5) is 0 Å². The Bertz CT molecular complexity index is 1160. The molecular formula is C26H34ClN3O2S. The summed E-state index contributed by atoms with van der Waals surface area (Å²) in [5, 5.41) is 1.19. The van der Waals surface area contributed by atoms with Crippen molar-refractivity contribution in [2.75, 3.05) is 39.0 Å². The molecule has 1 fully saturated rings. The molecule has 0 unspecified atom stereocenters. The van der Waals surface area contributed by atoms with E-state index in [4.69, 9.17) is 11.6 Å². The lowest BCUT2D eigenvalue weighted by Gasteiger charge is -2.32. The van der Waals surface area contributed by atoms with E-state index in [0.29, 0.717) is 18.0 Å². The van der Waals surface area contributed by atoms with Crippen molar-refractivity contribution in [1.82, 2.24) is 13.8 Å². The van der Waals surface area contributed by atoms with Crippen molar-refractivity contribution in [2.45, 2.75) is 26.3 Å². The highest BCUT2D eigenvalue weighted by Gasteiger charge is 2.25. The second kappa shape index (κ2) is 11.3. The summed E-state index contributed by atoms with van der Waals surface area (Å²) in [6, 6.07) is 18.0. The molecule has 2 heterocycles. The number of halogens is 1. The Kier molecular flexibility index (Phi) is 8.76. The minimum absolute atomic E-state index is 0.140. The molecule has 0 aliphatic carbocycles. The third-order valence-electron chi connectivity index (χ3n) is 5.93. The number of fused-ring (bicyclic) bond motifs is 1. The fraction of sp³-hybridized carbons (Fsp3) is 0.385. The number of para-hydroxylation sites is 1. The quantitative estimate of drug-likeness (QED) is 0.447. The Morgan fingerprint density at radius 3 is 2.18 bits per heavy atom. The topological polar surface area (TPSA) is 45.6 Å². The van der Waals surface area contributed by atoms with Crippen LogP contribution in [0.2, 0.25) is 5.15 Å². The van der Waals surface area contributed by atoms with Crippen LogP contribution in [0.5, 0.6) is 0 Å². The van der Waals surface area contributed by atoms with Crippen LogP contribution in [-0.2, 0) is 16.6 Å². The average Bonchev–Trinajstić information content (AvgIpc) is 3.08. The van der Waals surface area contributed by atoms with E-state index in [1.807, 2.05) is 24.3 Å². The lowest BCUT2D eigenvalue weighted by atomic mass is 10.0. The Hall–Kier alpha value is -2.12. The summed E-state index contributed by atoms with van der Waals surface area (Å²) in [6.07, 6.45) is 1.39. The second-order valence-electron chi connectivity index (χ2n) is 8.76. The predicted octanol–water partition coefficient (Wildman–Crippen LogP) is 5.22. The van der Waals surface area contributed by atoms with E-state index in [1.54, 1.807) is 6.07 Å². The van der Waals surface area contributed by atoms with Crippen molar-refractivity contribution in [3.05, 3.63) is 83.5 Å². The SMILES string of the molecule is C=CCS(=O)(=O)n1c(Cl)c(CN2CCN(C)CC2)c2ccccc21.CC(C)c1ccccc1. The molecule has 0 N–H and O–H groups in total. The Balaban J connectivity index is 0.000000286. The molecule has 0 spiro atoms. The van der Waals surface area contributed by atoms with E-state index < -0.39 is 10.0 Å². The van der Waals surface area contributed by atoms with Crippen molar-refractivity contribution >= 4 is 32.5 Å². The molecule has 1 aliphatic rings. The molecule has 2 aromatic carbocycles. The Morgan fingerprint density at radius 1 is 1.00 bits per heavy atom. The summed E-state index contributed by atoms with van der Waals surface area (Å²) in [5.41, 5.74) is 2.93. The highest BCUT2D eigenvalue weighted by molar-refractivity contribution is 7.90. The van der Waals surface area contributed by atoms with Gasteiger partial charge in [-0.3, -0.25) is 4.90 Å². The van der Waals surface area contributed by atoms with Crippen LogP contribution >= 0.6 is 11.6 Å². The van der Waals surface area contributed by atoms with E-state index in [0.717, 1.165) is 37.1 Å². The molecule has 0 atom stereocenters. The predicted molar refractivity (Wildman–Crippen MR) is 140 cm³/mol. The zero-order chi connectivity index (χ0) is 24.0. The third-order valence-corrected chi connectivity index (χ3v) is 8.02. The zero-order valence-electron chi connectivity index (χ0n) is 19.7. The molecule has 3 aromatic rings. The summed E-state index contributed by atoms with van der Waals surface area (Å²) in [4.78, 5) is 4.61. The first-order valence-electron chi connectivity index (χ1n) is 11.3. The minimum atomic E-state index is -3.56. The molecule has 0 bridgehead atoms. The van der Waals surface area contributed by atoms with Gasteiger partial charge in [0.25, 0.3) is 0 Å². The van der Waals surface area contributed by atoms with Gasteiger partial charge in [0.05, 0.1) is 11.3 Å². The molecule has 1 aromatic heterocycles. The molecule has 5 nitrogen and oxygen atoms in total. The summed E-state index contributed by atoms with van der Waals surface area (Å²) in [6.45, 7) is 12.5. The smallest absolute Gasteiger partial charge is 0.243 e. The van der Waals surface area contributed by atoms with Gasteiger partial charge in [0.2, 0.25) is 10.0 Å². The molecule has 178 valence electrons. The van der Waals surface area contributed by atoms with Crippen LogP contribution in [0, 0.1) is 0 Å². The van der Waals surface area contributed by atoms with Gasteiger partial charge < -0.3 is 4.90 Å². The second-order valence-corrected chi connectivity index (χ2v) is 11.0.